The van der Waals surface area contributed by atoms with E-state index in [0.29, 0.717) is 46.7 Å². The summed E-state index contributed by atoms with van der Waals surface area (Å²) >= 11 is 0. The van der Waals surface area contributed by atoms with Crippen LogP contribution in [0.5, 0.6) is 11.5 Å². The number of hydrogen-bond donors (Lipinski definition) is 1. The number of carbonyl (C=O) groups is 3. The first-order valence-corrected chi connectivity index (χ1v) is 25.5. The van der Waals surface area contributed by atoms with Gasteiger partial charge in [0.15, 0.2) is 5.69 Å². The van der Waals surface area contributed by atoms with Gasteiger partial charge in [-0.2, -0.15) is 5.10 Å². The fourth-order valence-electron chi connectivity index (χ4n) is 11.6. The van der Waals surface area contributed by atoms with E-state index in [1.54, 1.807) is 25.0 Å². The van der Waals surface area contributed by atoms with E-state index in [2.05, 4.69) is 56.9 Å². The second-order valence-corrected chi connectivity index (χ2v) is 21.8. The first kappa shape index (κ1) is 52.0. The van der Waals surface area contributed by atoms with Gasteiger partial charge in [0.1, 0.15) is 22.6 Å². The molecule has 12 nitrogen and oxygen atoms in total. The highest BCUT2D eigenvalue weighted by molar-refractivity contribution is 5.99. The molecular formula is C55H84N6O6. The lowest BCUT2D eigenvalue weighted by atomic mass is 9.56. The molecule has 1 N–H and O–H groups in total. The number of fused-ring (bicyclic) bond motifs is 2. The average molecular weight is 925 g/mol. The largest absolute Gasteiger partial charge is 0.496 e. The second kappa shape index (κ2) is 22.8. The number of aromatic nitrogens is 2. The monoisotopic (exact) mass is 925 g/mol. The van der Waals surface area contributed by atoms with Gasteiger partial charge in [-0.25, -0.2) is 9.48 Å². The zero-order chi connectivity index (χ0) is 48.6. The summed E-state index contributed by atoms with van der Waals surface area (Å²) in [5, 5.41) is 8.39. The van der Waals surface area contributed by atoms with Crippen molar-refractivity contribution in [1.29, 1.82) is 0 Å². The van der Waals surface area contributed by atoms with Gasteiger partial charge in [0.05, 0.1) is 31.2 Å². The third-order valence-corrected chi connectivity index (χ3v) is 15.1. The van der Waals surface area contributed by atoms with E-state index in [1.807, 2.05) is 69.1 Å². The first-order valence-electron chi connectivity index (χ1n) is 25.5. The Morgan fingerprint density at radius 1 is 0.836 bits per heavy atom. The average Bonchev–Trinajstić information content (AvgIpc) is 3.71. The van der Waals surface area contributed by atoms with Crippen molar-refractivity contribution in [1.82, 2.24) is 29.8 Å². The molecule has 1 heterocycles. The molecule has 3 fully saturated rings. The van der Waals surface area contributed by atoms with Gasteiger partial charge in [-0.15, -0.1) is 0 Å². The number of esters is 1. The third-order valence-electron chi connectivity index (χ3n) is 15.1. The number of hydrogen-bond acceptors (Lipinski definition) is 9. The molecule has 0 spiro atoms. The Labute approximate surface area is 402 Å². The molecule has 3 aliphatic rings. The maximum Gasteiger partial charge on any atom is 0.332 e. The van der Waals surface area contributed by atoms with Crippen LogP contribution < -0.4 is 14.8 Å². The van der Waals surface area contributed by atoms with Crippen LogP contribution in [-0.2, 0) is 9.53 Å². The Hall–Kier alpha value is -4.42. The number of amides is 2. The van der Waals surface area contributed by atoms with Gasteiger partial charge in [-0.3, -0.25) is 9.59 Å². The molecule has 370 valence electrons. The lowest BCUT2D eigenvalue weighted by Gasteiger charge is -2.53. The smallest absolute Gasteiger partial charge is 0.332 e. The topological polar surface area (TPSA) is 118 Å². The summed E-state index contributed by atoms with van der Waals surface area (Å²) < 4.78 is 19.7. The van der Waals surface area contributed by atoms with Crippen LogP contribution in [0.4, 0.5) is 0 Å². The maximum absolute atomic E-state index is 14.9. The number of ether oxygens (including phenoxy) is 3. The van der Waals surface area contributed by atoms with Gasteiger partial charge in [-0.1, -0.05) is 65.9 Å². The van der Waals surface area contributed by atoms with Crippen molar-refractivity contribution < 1.29 is 28.6 Å². The Bertz CT molecular complexity index is 2110. The Balaban J connectivity index is 1.25. The summed E-state index contributed by atoms with van der Waals surface area (Å²) in [4.78, 5) is 50.3. The number of carbonyl (C=O) groups excluding carboxylic acids is 3. The SMILES string of the molecule is COc1cccc(OC)c1-c1cc(C(=O)NC2(C(=O)OC(C)(C)C)C(C)CC3CC(C)CC2C3)nn1-c1ccc(C(=O)N(C)CCCN(C)CCCN(C)C2CCCCCCC2)cc1C(C)C. The van der Waals surface area contributed by atoms with Crippen LogP contribution in [0.15, 0.2) is 42.5 Å². The van der Waals surface area contributed by atoms with Crippen molar-refractivity contribution in [3.05, 3.63) is 59.3 Å². The molecule has 3 aliphatic carbocycles. The molecule has 3 aromatic rings. The van der Waals surface area contributed by atoms with Crippen molar-refractivity contribution in [3.63, 3.8) is 0 Å². The Morgan fingerprint density at radius 3 is 2.10 bits per heavy atom. The van der Waals surface area contributed by atoms with Crippen molar-refractivity contribution in [2.75, 3.05) is 61.5 Å². The van der Waals surface area contributed by atoms with Gasteiger partial charge in [0.2, 0.25) is 0 Å². The van der Waals surface area contributed by atoms with Gasteiger partial charge >= 0.3 is 5.97 Å². The van der Waals surface area contributed by atoms with E-state index in [-0.39, 0.29) is 35.3 Å². The first-order chi connectivity index (χ1) is 31.9. The van der Waals surface area contributed by atoms with Gasteiger partial charge < -0.3 is 34.2 Å². The normalized spacial score (nSPS) is 22.6. The van der Waals surface area contributed by atoms with Crippen molar-refractivity contribution >= 4 is 17.8 Å². The predicted molar refractivity (Wildman–Crippen MR) is 268 cm³/mol. The van der Waals surface area contributed by atoms with E-state index in [1.165, 1.54) is 44.9 Å². The number of methoxy groups -OCH3 is 2. The van der Waals surface area contributed by atoms with E-state index in [0.717, 1.165) is 75.5 Å². The maximum atomic E-state index is 14.9. The summed E-state index contributed by atoms with van der Waals surface area (Å²) in [6.45, 7) is 17.9. The molecule has 1 aromatic heterocycles. The van der Waals surface area contributed by atoms with E-state index in [4.69, 9.17) is 19.3 Å². The zero-order valence-corrected chi connectivity index (χ0v) is 43.2. The molecule has 5 unspecified atom stereocenters. The summed E-state index contributed by atoms with van der Waals surface area (Å²) in [6.07, 6.45) is 15.2. The summed E-state index contributed by atoms with van der Waals surface area (Å²) in [6, 6.07) is 13.8. The van der Waals surface area contributed by atoms with Gasteiger partial charge in [0, 0.05) is 25.2 Å². The standard InChI is InChI=1S/C55H84N6O6/c1-37(2)44-35-41(52(63)60(10)30-20-28-58(8)27-19-29-59(9)43-21-16-14-13-15-17-22-43)25-26-46(44)61-47(50-48(65-11)23-18-24-49(50)66-12)36-45(57-61)51(62)56-55(53(64)67-54(5,6)7)39(4)33-40-31-38(3)32-42(55)34-40/h18,23-26,35-40,42-43H,13-17,19-22,27-34H2,1-12H3,(H,56,62). The molecule has 5 atom stereocenters. The zero-order valence-electron chi connectivity index (χ0n) is 43.2. The van der Waals surface area contributed by atoms with Crippen LogP contribution in [0, 0.1) is 23.7 Å². The quantitative estimate of drug-likeness (QED) is 0.124. The molecule has 0 aliphatic heterocycles. The van der Waals surface area contributed by atoms with Crippen LogP contribution in [0.3, 0.4) is 0 Å². The summed E-state index contributed by atoms with van der Waals surface area (Å²) in [7, 11) is 9.58. The van der Waals surface area contributed by atoms with Gasteiger partial charge in [-0.05, 0) is 177 Å². The minimum atomic E-state index is -1.22. The molecule has 0 saturated heterocycles. The second-order valence-electron chi connectivity index (χ2n) is 21.8. The van der Waals surface area contributed by atoms with Crippen LogP contribution in [-0.4, -0.2) is 121 Å². The van der Waals surface area contributed by atoms with Crippen molar-refractivity contribution in [2.45, 2.75) is 155 Å². The highest BCUT2D eigenvalue weighted by Crippen LogP contribution is 2.51. The molecule has 2 aromatic carbocycles. The summed E-state index contributed by atoms with van der Waals surface area (Å²) in [5.41, 5.74) is 1.57. The number of rotatable bonds is 18. The number of nitrogens with one attached hydrogen (secondary N) is 1. The highest BCUT2D eigenvalue weighted by atomic mass is 16.6. The van der Waals surface area contributed by atoms with E-state index >= 15 is 0 Å². The Kier molecular flexibility index (Phi) is 17.7. The van der Waals surface area contributed by atoms with Crippen LogP contribution in [0.25, 0.3) is 16.9 Å². The van der Waals surface area contributed by atoms with Gasteiger partial charge in [0.25, 0.3) is 11.8 Å². The minimum Gasteiger partial charge on any atom is -0.496 e. The van der Waals surface area contributed by atoms with E-state index in [9.17, 15) is 14.4 Å². The Morgan fingerprint density at radius 2 is 1.48 bits per heavy atom. The molecule has 12 heteroatoms. The van der Waals surface area contributed by atoms with Crippen LogP contribution in [0.1, 0.15) is 164 Å². The third kappa shape index (κ3) is 12.4. The fourth-order valence-corrected chi connectivity index (χ4v) is 11.6. The molecular weight excluding hydrogens is 841 g/mol. The molecule has 2 bridgehead atoms. The molecule has 6 rings (SSSR count). The van der Waals surface area contributed by atoms with Crippen molar-refractivity contribution in [3.8, 4) is 28.4 Å². The number of nitrogens with zero attached hydrogens (tertiary/aromatic N) is 5. The fraction of sp³-hybridized carbons (Fsp3) is 0.673. The summed E-state index contributed by atoms with van der Waals surface area (Å²) in [5.74, 6) is 0.899. The number of benzene rings is 2. The van der Waals surface area contributed by atoms with Crippen LogP contribution in [0.2, 0.25) is 0 Å². The van der Waals surface area contributed by atoms with Crippen molar-refractivity contribution in [2.24, 2.45) is 23.7 Å². The lowest BCUT2D eigenvalue weighted by Crippen LogP contribution is -2.67. The molecule has 2 amide bonds. The molecule has 0 radical (unpaired) electrons. The lowest BCUT2D eigenvalue weighted by molar-refractivity contribution is -0.173. The van der Waals surface area contributed by atoms with Crippen LogP contribution >= 0.6 is 0 Å². The predicted octanol–water partition coefficient (Wildman–Crippen LogP) is 10.4. The molecule has 67 heavy (non-hydrogen) atoms. The minimum absolute atomic E-state index is 0.0125. The van der Waals surface area contributed by atoms with E-state index < -0.39 is 17.0 Å². The molecule has 3 saturated carbocycles. The highest BCUT2D eigenvalue weighted by Gasteiger charge is 2.58.